The number of hydrogen-bond donors (Lipinski definition) is 3. The Morgan fingerprint density at radius 2 is 2.00 bits per heavy atom. The van der Waals surface area contributed by atoms with Gasteiger partial charge in [0.15, 0.2) is 0 Å². The average molecular weight is 564 g/mol. The Labute approximate surface area is 222 Å². The first kappa shape index (κ1) is 25.9. The molecule has 4 heterocycles. The van der Waals surface area contributed by atoms with Gasteiger partial charge in [-0.15, -0.1) is 5.10 Å². The molecule has 0 unspecified atom stereocenters. The van der Waals surface area contributed by atoms with Gasteiger partial charge in [-0.3, -0.25) is 19.9 Å². The smallest absolute Gasteiger partial charge is 0.271 e. The number of carbonyl (C=O) groups is 2. The van der Waals surface area contributed by atoms with Crippen LogP contribution in [0.2, 0.25) is 5.15 Å². The maximum absolute atomic E-state index is 13.2. The number of ether oxygens (including phenoxy) is 1. The van der Waals surface area contributed by atoms with Crippen LogP contribution in [0.3, 0.4) is 0 Å². The number of methoxy groups -OCH3 is 1. The van der Waals surface area contributed by atoms with Gasteiger partial charge in [-0.2, -0.15) is 0 Å². The lowest BCUT2D eigenvalue weighted by atomic mass is 9.76. The van der Waals surface area contributed by atoms with E-state index in [1.807, 2.05) is 0 Å². The van der Waals surface area contributed by atoms with E-state index in [-0.39, 0.29) is 34.4 Å². The monoisotopic (exact) mass is 563 g/mol. The van der Waals surface area contributed by atoms with Gasteiger partial charge in [0.05, 0.1) is 25.1 Å². The van der Waals surface area contributed by atoms with Crippen molar-refractivity contribution in [2.24, 2.45) is 0 Å². The Balaban J connectivity index is 1.32. The van der Waals surface area contributed by atoms with Crippen molar-refractivity contribution in [2.75, 3.05) is 12.4 Å². The largest absolute Gasteiger partial charge is 0.494 e. The number of aryl methyl sites for hydroxylation is 1. The fourth-order valence-electron chi connectivity index (χ4n) is 4.11. The molecule has 5 rings (SSSR count). The van der Waals surface area contributed by atoms with Crippen molar-refractivity contribution in [1.29, 1.82) is 0 Å². The highest BCUT2D eigenvalue weighted by molar-refractivity contribution is 7.20. The third-order valence-electron chi connectivity index (χ3n) is 6.07. The predicted molar refractivity (Wildman–Crippen MR) is 134 cm³/mol. The summed E-state index contributed by atoms with van der Waals surface area (Å²) in [6.07, 6.45) is 0.911. The number of aromatic nitrogens is 5. The first-order chi connectivity index (χ1) is 18.1. The summed E-state index contributed by atoms with van der Waals surface area (Å²) in [6, 6.07) is 2.75. The van der Waals surface area contributed by atoms with Crippen LogP contribution in [-0.4, -0.2) is 66.7 Å². The van der Waals surface area contributed by atoms with E-state index in [4.69, 9.17) is 16.3 Å². The molecule has 0 spiro atoms. The summed E-state index contributed by atoms with van der Waals surface area (Å²) in [5.41, 5.74) is -0.0275. The number of nitrogens with zero attached hydrogens (tertiary/aromatic N) is 5. The molecule has 0 bridgehead atoms. The minimum atomic E-state index is -2.87. The maximum atomic E-state index is 13.2. The highest BCUT2D eigenvalue weighted by Crippen LogP contribution is 2.37. The van der Waals surface area contributed by atoms with Crippen LogP contribution in [0, 0.1) is 6.92 Å². The van der Waals surface area contributed by atoms with Gasteiger partial charge in [0.1, 0.15) is 22.2 Å². The lowest BCUT2D eigenvalue weighted by Gasteiger charge is -2.42. The second kappa shape index (κ2) is 9.85. The van der Waals surface area contributed by atoms with E-state index in [2.05, 4.69) is 30.7 Å². The topological polar surface area (TPSA) is 144 Å². The molecule has 15 heteroatoms. The molecule has 38 heavy (non-hydrogen) atoms. The highest BCUT2D eigenvalue weighted by atomic mass is 35.5. The fraction of sp³-hybridized carbons (Fsp3) is 0.304. The summed E-state index contributed by atoms with van der Waals surface area (Å²) < 4.78 is 32.3. The van der Waals surface area contributed by atoms with Gasteiger partial charge in [-0.25, -0.2) is 23.3 Å². The number of aliphatic hydroxyl groups is 1. The van der Waals surface area contributed by atoms with Crippen molar-refractivity contribution < 1.29 is 28.2 Å². The van der Waals surface area contributed by atoms with Gasteiger partial charge in [-0.05, 0) is 19.1 Å². The summed E-state index contributed by atoms with van der Waals surface area (Å²) in [7, 11) is 1.48. The molecule has 4 aromatic rings. The van der Waals surface area contributed by atoms with Crippen molar-refractivity contribution in [1.82, 2.24) is 29.9 Å². The molecule has 0 aromatic carbocycles. The number of amides is 2. The van der Waals surface area contributed by atoms with Crippen LogP contribution >= 0.6 is 22.9 Å². The van der Waals surface area contributed by atoms with Crippen LogP contribution in [0.5, 0.6) is 5.75 Å². The molecule has 0 atom stereocenters. The van der Waals surface area contributed by atoms with Crippen LogP contribution in [0.25, 0.3) is 16.1 Å². The summed E-state index contributed by atoms with van der Waals surface area (Å²) >= 11 is 7.12. The zero-order chi connectivity index (χ0) is 27.2. The Bertz CT molecular complexity index is 1520. The number of fused-ring (bicyclic) bond motifs is 1. The summed E-state index contributed by atoms with van der Waals surface area (Å²) in [5.74, 6) is -0.641. The lowest BCUT2D eigenvalue weighted by Crippen LogP contribution is -2.58. The molecule has 0 radical (unpaired) electrons. The normalized spacial score (nSPS) is 18.9. The minimum absolute atomic E-state index is 0.0285. The molecule has 1 aliphatic rings. The van der Waals surface area contributed by atoms with Crippen LogP contribution in [0.4, 0.5) is 13.9 Å². The molecule has 0 saturated heterocycles. The zero-order valence-electron chi connectivity index (χ0n) is 19.9. The molecule has 2 amide bonds. The number of alkyl halides is 2. The molecular formula is C23H20ClF2N7O4S. The SMILES string of the molecule is COc1cnc(Cl)cc1-c1cc(C)ncc1C(=O)Nc1nn2cc(C(=O)NC3CC(O)(C(F)F)C3)nc2s1. The molecule has 198 valence electrons. The fourth-order valence-corrected chi connectivity index (χ4v) is 5.05. The Morgan fingerprint density at radius 1 is 1.24 bits per heavy atom. The van der Waals surface area contributed by atoms with E-state index in [0.717, 1.165) is 11.3 Å². The standard InChI is InChI=1S/C23H20ClF2N7O4S/c1-10-3-12(13-4-17(24)28-8-16(13)37-2)14(7-27-10)18(34)31-21-32-33-9-15(30-22(33)38-21)19(35)29-11-5-23(36,6-11)20(25)26/h3-4,7-9,11,20,36H,5-6H2,1-2H3,(H,29,35)(H,31,32,34). The third kappa shape index (κ3) is 4.89. The van der Waals surface area contributed by atoms with Crippen molar-refractivity contribution in [3.63, 3.8) is 0 Å². The average Bonchev–Trinajstić information content (AvgIpc) is 3.41. The van der Waals surface area contributed by atoms with E-state index in [1.165, 1.54) is 30.2 Å². The predicted octanol–water partition coefficient (Wildman–Crippen LogP) is 3.36. The number of carbonyl (C=O) groups excluding carboxylic acids is 2. The van der Waals surface area contributed by atoms with E-state index in [0.29, 0.717) is 27.5 Å². The number of anilines is 1. The highest BCUT2D eigenvalue weighted by Gasteiger charge is 2.50. The van der Waals surface area contributed by atoms with Crippen LogP contribution in [0.1, 0.15) is 39.4 Å². The number of rotatable bonds is 7. The van der Waals surface area contributed by atoms with Crippen molar-refractivity contribution in [2.45, 2.75) is 37.8 Å². The summed E-state index contributed by atoms with van der Waals surface area (Å²) in [6.45, 7) is 1.79. The molecular weight excluding hydrogens is 544 g/mol. The third-order valence-corrected chi connectivity index (χ3v) is 7.11. The van der Waals surface area contributed by atoms with Crippen molar-refractivity contribution in [3.05, 3.63) is 52.8 Å². The molecule has 1 aliphatic carbocycles. The van der Waals surface area contributed by atoms with E-state index in [1.54, 1.807) is 19.1 Å². The zero-order valence-corrected chi connectivity index (χ0v) is 21.5. The lowest BCUT2D eigenvalue weighted by molar-refractivity contribution is -0.154. The second-order valence-corrected chi connectivity index (χ2v) is 10.1. The molecule has 4 aromatic heterocycles. The van der Waals surface area contributed by atoms with Crippen molar-refractivity contribution >= 4 is 44.8 Å². The first-order valence-corrected chi connectivity index (χ1v) is 12.4. The van der Waals surface area contributed by atoms with Gasteiger partial charge >= 0.3 is 0 Å². The van der Waals surface area contributed by atoms with Crippen molar-refractivity contribution in [3.8, 4) is 16.9 Å². The van der Waals surface area contributed by atoms with Crippen LogP contribution in [-0.2, 0) is 0 Å². The van der Waals surface area contributed by atoms with E-state index < -0.39 is 29.9 Å². The Hall–Kier alpha value is -3.75. The van der Waals surface area contributed by atoms with Gasteiger partial charge in [0.25, 0.3) is 18.2 Å². The second-order valence-electron chi connectivity index (χ2n) is 8.78. The quantitative estimate of drug-likeness (QED) is 0.290. The summed E-state index contributed by atoms with van der Waals surface area (Å²) in [5, 5.41) is 19.6. The first-order valence-electron chi connectivity index (χ1n) is 11.2. The number of halogens is 3. The van der Waals surface area contributed by atoms with E-state index in [9.17, 15) is 23.5 Å². The molecule has 0 aliphatic heterocycles. The number of hydrogen-bond acceptors (Lipinski definition) is 9. The number of imidazole rings is 1. The van der Waals surface area contributed by atoms with Crippen LogP contribution < -0.4 is 15.4 Å². The molecule has 3 N–H and O–H groups in total. The Kier molecular flexibility index (Phi) is 6.71. The maximum Gasteiger partial charge on any atom is 0.271 e. The van der Waals surface area contributed by atoms with E-state index >= 15 is 0 Å². The Morgan fingerprint density at radius 3 is 2.68 bits per heavy atom. The summed E-state index contributed by atoms with van der Waals surface area (Å²) in [4.78, 5) is 38.4. The van der Waals surface area contributed by atoms with Gasteiger partial charge in [0, 0.05) is 41.9 Å². The molecule has 11 nitrogen and oxygen atoms in total. The minimum Gasteiger partial charge on any atom is -0.494 e. The molecule has 1 saturated carbocycles. The number of nitrogens with one attached hydrogen (secondary N) is 2. The van der Waals surface area contributed by atoms with Gasteiger partial charge < -0.3 is 15.2 Å². The molecule has 1 fully saturated rings. The van der Waals surface area contributed by atoms with Gasteiger partial charge in [-0.1, -0.05) is 22.9 Å². The van der Waals surface area contributed by atoms with Gasteiger partial charge in [0.2, 0.25) is 10.1 Å². The van der Waals surface area contributed by atoms with Crippen LogP contribution in [0.15, 0.2) is 30.7 Å². The number of pyridine rings is 2.